The molecule has 1 N–H and O–H groups in total. The Morgan fingerprint density at radius 2 is 2.00 bits per heavy atom. The van der Waals surface area contributed by atoms with Crippen LogP contribution in [0, 0.1) is 6.92 Å². The van der Waals surface area contributed by atoms with E-state index in [1.54, 1.807) is 18.5 Å². The quantitative estimate of drug-likeness (QED) is 0.875. The van der Waals surface area contributed by atoms with Crippen molar-refractivity contribution in [2.24, 2.45) is 15.3 Å². The minimum Gasteiger partial charge on any atom is -0.270 e. The third kappa shape index (κ3) is 2.84. The number of hydrogen-bond acceptors (Lipinski definition) is 5. The van der Waals surface area contributed by atoms with Gasteiger partial charge in [0.25, 0.3) is 5.91 Å². The largest absolute Gasteiger partial charge is 0.273 e. The van der Waals surface area contributed by atoms with Crippen LogP contribution in [0.5, 0.6) is 0 Å². The van der Waals surface area contributed by atoms with Crippen molar-refractivity contribution in [3.8, 4) is 0 Å². The summed E-state index contributed by atoms with van der Waals surface area (Å²) in [7, 11) is 0. The molecule has 2 heterocycles. The summed E-state index contributed by atoms with van der Waals surface area (Å²) in [5.41, 5.74) is 5.56. The summed E-state index contributed by atoms with van der Waals surface area (Å²) in [5, 5.41) is 12.3. The Balaban J connectivity index is 1.84. The number of hydrazone groups is 1. The van der Waals surface area contributed by atoms with E-state index in [9.17, 15) is 4.79 Å². The maximum atomic E-state index is 11.8. The lowest BCUT2D eigenvalue weighted by Gasteiger charge is -2.04. The number of pyridine rings is 1. The van der Waals surface area contributed by atoms with E-state index in [4.69, 9.17) is 0 Å². The van der Waals surface area contributed by atoms with E-state index in [2.05, 4.69) is 25.7 Å². The van der Waals surface area contributed by atoms with E-state index in [0.29, 0.717) is 11.4 Å². The van der Waals surface area contributed by atoms with Crippen molar-refractivity contribution in [2.45, 2.75) is 13.0 Å². The van der Waals surface area contributed by atoms with Crippen LogP contribution < -0.4 is 5.43 Å². The molecule has 1 atom stereocenters. The van der Waals surface area contributed by atoms with Gasteiger partial charge in [0.2, 0.25) is 0 Å². The van der Waals surface area contributed by atoms with Gasteiger partial charge in [-0.15, -0.1) is 0 Å². The summed E-state index contributed by atoms with van der Waals surface area (Å²) in [6.45, 7) is 2.00. The third-order valence-electron chi connectivity index (χ3n) is 3.07. The highest BCUT2D eigenvalue weighted by atomic mass is 16.2. The molecule has 1 aromatic heterocycles. The average molecular weight is 279 g/mol. The molecule has 21 heavy (non-hydrogen) atoms. The van der Waals surface area contributed by atoms with E-state index in [1.807, 2.05) is 37.3 Å². The highest BCUT2D eigenvalue weighted by molar-refractivity contribution is 6.19. The van der Waals surface area contributed by atoms with Crippen LogP contribution in [0.1, 0.15) is 11.1 Å². The van der Waals surface area contributed by atoms with Gasteiger partial charge in [-0.2, -0.15) is 15.3 Å². The summed E-state index contributed by atoms with van der Waals surface area (Å²) in [6, 6.07) is 10.5. The molecule has 3 rings (SSSR count). The molecule has 0 bridgehead atoms. The first-order valence-electron chi connectivity index (χ1n) is 6.49. The minimum atomic E-state index is -0.740. The van der Waals surface area contributed by atoms with Gasteiger partial charge in [0.1, 0.15) is 5.71 Å². The zero-order chi connectivity index (χ0) is 14.7. The molecule has 0 saturated heterocycles. The van der Waals surface area contributed by atoms with Crippen LogP contribution in [0.25, 0.3) is 0 Å². The first-order chi connectivity index (χ1) is 10.2. The van der Waals surface area contributed by atoms with E-state index in [0.717, 1.165) is 11.1 Å². The van der Waals surface area contributed by atoms with Gasteiger partial charge >= 0.3 is 0 Å². The van der Waals surface area contributed by atoms with Crippen LogP contribution in [0.3, 0.4) is 0 Å². The second kappa shape index (κ2) is 5.62. The van der Waals surface area contributed by atoms with Crippen molar-refractivity contribution in [1.29, 1.82) is 0 Å². The van der Waals surface area contributed by atoms with E-state index in [-0.39, 0.29) is 5.91 Å². The molecule has 6 nitrogen and oxygen atoms in total. The molecule has 0 spiro atoms. The first kappa shape index (κ1) is 13.1. The molecule has 0 fully saturated rings. The number of nitrogens with zero attached hydrogens (tertiary/aromatic N) is 4. The molecular weight excluding hydrogens is 266 g/mol. The molecule has 1 aliphatic rings. The average Bonchev–Trinajstić information content (AvgIpc) is 2.89. The molecule has 0 aliphatic carbocycles. The smallest absolute Gasteiger partial charge is 0.270 e. The van der Waals surface area contributed by atoms with Crippen LogP contribution in [-0.4, -0.2) is 22.6 Å². The molecule has 1 amide bonds. The fourth-order valence-electron chi connectivity index (χ4n) is 1.94. The summed E-state index contributed by atoms with van der Waals surface area (Å²) in [6.07, 6.45) is 3.31. The van der Waals surface area contributed by atoms with Crippen molar-refractivity contribution in [2.75, 3.05) is 0 Å². The van der Waals surface area contributed by atoms with E-state index < -0.39 is 6.04 Å². The number of benzene rings is 1. The van der Waals surface area contributed by atoms with E-state index in [1.165, 1.54) is 0 Å². The van der Waals surface area contributed by atoms with Gasteiger partial charge in [-0.3, -0.25) is 9.78 Å². The van der Waals surface area contributed by atoms with Crippen LogP contribution in [0.4, 0.5) is 5.69 Å². The Labute approximate surface area is 121 Å². The van der Waals surface area contributed by atoms with Crippen molar-refractivity contribution in [3.63, 3.8) is 0 Å². The zero-order valence-electron chi connectivity index (χ0n) is 11.4. The fourth-order valence-corrected chi connectivity index (χ4v) is 1.94. The molecule has 6 heteroatoms. The Kier molecular flexibility index (Phi) is 3.51. The van der Waals surface area contributed by atoms with Gasteiger partial charge in [0, 0.05) is 18.0 Å². The van der Waals surface area contributed by atoms with Gasteiger partial charge < -0.3 is 0 Å². The SMILES string of the molecule is Cc1ccc(N=NC2C(=O)NN=C2c2cccnc2)cc1. The Morgan fingerprint density at radius 3 is 2.71 bits per heavy atom. The fraction of sp³-hybridized carbons (Fsp3) is 0.133. The molecule has 0 saturated carbocycles. The summed E-state index contributed by atoms with van der Waals surface area (Å²) < 4.78 is 0. The van der Waals surface area contributed by atoms with Crippen LogP contribution in [0.15, 0.2) is 64.1 Å². The van der Waals surface area contributed by atoms with Gasteiger partial charge in [0.05, 0.1) is 5.69 Å². The Hall–Kier alpha value is -2.89. The number of carbonyl (C=O) groups excluding carboxylic acids is 1. The van der Waals surface area contributed by atoms with Crippen molar-refractivity contribution in [3.05, 3.63) is 59.9 Å². The molecule has 104 valence electrons. The number of nitrogens with one attached hydrogen (secondary N) is 1. The minimum absolute atomic E-state index is 0.287. The number of carbonyl (C=O) groups is 1. The maximum absolute atomic E-state index is 11.8. The third-order valence-corrected chi connectivity index (χ3v) is 3.07. The van der Waals surface area contributed by atoms with Crippen LogP contribution in [0.2, 0.25) is 0 Å². The molecule has 1 aliphatic heterocycles. The lowest BCUT2D eigenvalue weighted by atomic mass is 10.1. The zero-order valence-corrected chi connectivity index (χ0v) is 11.4. The monoisotopic (exact) mass is 279 g/mol. The second-order valence-corrected chi connectivity index (χ2v) is 4.67. The van der Waals surface area contributed by atoms with Gasteiger partial charge in [-0.1, -0.05) is 17.7 Å². The van der Waals surface area contributed by atoms with Crippen molar-refractivity contribution in [1.82, 2.24) is 10.4 Å². The van der Waals surface area contributed by atoms with Gasteiger partial charge in [-0.25, -0.2) is 5.43 Å². The molecule has 0 radical (unpaired) electrons. The maximum Gasteiger partial charge on any atom is 0.273 e. The second-order valence-electron chi connectivity index (χ2n) is 4.67. The highest BCUT2D eigenvalue weighted by Gasteiger charge is 2.31. The molecule has 1 unspecified atom stereocenters. The molecule has 2 aromatic rings. The number of hydrogen-bond donors (Lipinski definition) is 1. The van der Waals surface area contributed by atoms with Gasteiger partial charge in [-0.05, 0) is 31.2 Å². The Bertz CT molecular complexity index is 707. The standard InChI is InChI=1S/C15H13N5O/c1-10-4-6-12(7-5-10)17-19-14-13(18-20-15(14)21)11-3-2-8-16-9-11/h2-9,14H,1H3,(H,20,21). The van der Waals surface area contributed by atoms with E-state index >= 15 is 0 Å². The summed E-state index contributed by atoms with van der Waals surface area (Å²) in [5.74, 6) is -0.287. The topological polar surface area (TPSA) is 79.1 Å². The number of amides is 1. The van der Waals surface area contributed by atoms with Crippen LogP contribution >= 0.6 is 0 Å². The highest BCUT2D eigenvalue weighted by Crippen LogP contribution is 2.17. The first-order valence-corrected chi connectivity index (χ1v) is 6.49. The van der Waals surface area contributed by atoms with Crippen molar-refractivity contribution < 1.29 is 4.79 Å². The lowest BCUT2D eigenvalue weighted by molar-refractivity contribution is -0.120. The summed E-state index contributed by atoms with van der Waals surface area (Å²) >= 11 is 0. The molecule has 1 aromatic carbocycles. The van der Waals surface area contributed by atoms with Crippen LogP contribution in [-0.2, 0) is 4.79 Å². The van der Waals surface area contributed by atoms with Gasteiger partial charge in [0.15, 0.2) is 6.04 Å². The molecular formula is C15H13N5O. The van der Waals surface area contributed by atoms with Crippen molar-refractivity contribution >= 4 is 17.3 Å². The number of azo groups is 1. The summed E-state index contributed by atoms with van der Waals surface area (Å²) in [4.78, 5) is 15.9. The number of aromatic nitrogens is 1. The normalized spacial score (nSPS) is 17.9. The number of rotatable bonds is 3. The lowest BCUT2D eigenvalue weighted by Crippen LogP contribution is -2.27. The Morgan fingerprint density at radius 1 is 1.19 bits per heavy atom. The predicted molar refractivity (Wildman–Crippen MR) is 78.4 cm³/mol. The number of aryl methyl sites for hydroxylation is 1. The predicted octanol–water partition coefficient (Wildman–Crippen LogP) is 2.38.